The van der Waals surface area contributed by atoms with E-state index in [9.17, 15) is 9.59 Å². The Labute approximate surface area is 121 Å². The molecule has 6 heteroatoms. The molecule has 1 aromatic heterocycles. The van der Waals surface area contributed by atoms with Crippen LogP contribution >= 0.6 is 0 Å². The summed E-state index contributed by atoms with van der Waals surface area (Å²) in [6, 6.07) is 9.21. The van der Waals surface area contributed by atoms with Gasteiger partial charge >= 0.3 is 11.8 Å². The van der Waals surface area contributed by atoms with Crippen LogP contribution in [0.4, 0.5) is 11.5 Å². The fourth-order valence-corrected chi connectivity index (χ4v) is 2.46. The molecule has 6 nitrogen and oxygen atoms in total. The number of anilines is 2. The highest BCUT2D eigenvalue weighted by atomic mass is 16.5. The molecule has 0 spiro atoms. The minimum atomic E-state index is -0.708. The number of nitrogens with one attached hydrogen (secondary N) is 1. The van der Waals surface area contributed by atoms with E-state index in [4.69, 9.17) is 4.52 Å². The number of nitrogens with zero attached hydrogens (tertiary/aromatic N) is 2. The summed E-state index contributed by atoms with van der Waals surface area (Å²) in [5.41, 5.74) is 1.89. The van der Waals surface area contributed by atoms with Gasteiger partial charge in [-0.3, -0.25) is 14.9 Å². The van der Waals surface area contributed by atoms with E-state index in [1.165, 1.54) is 4.90 Å². The van der Waals surface area contributed by atoms with Crippen LogP contribution in [0.15, 0.2) is 34.9 Å². The van der Waals surface area contributed by atoms with Crippen LogP contribution in [-0.4, -0.2) is 23.5 Å². The van der Waals surface area contributed by atoms with Gasteiger partial charge in [-0.1, -0.05) is 23.4 Å². The van der Waals surface area contributed by atoms with Crippen LogP contribution in [0.1, 0.15) is 17.7 Å². The lowest BCUT2D eigenvalue weighted by Gasteiger charge is -2.28. The largest absolute Gasteiger partial charge is 0.360 e. The minimum absolute atomic E-state index is 0.246. The highest BCUT2D eigenvalue weighted by Crippen LogP contribution is 2.26. The molecule has 0 bridgehead atoms. The molecule has 1 aliphatic rings. The number of hydrogen-bond donors (Lipinski definition) is 1. The van der Waals surface area contributed by atoms with Crippen molar-refractivity contribution in [1.29, 1.82) is 0 Å². The van der Waals surface area contributed by atoms with E-state index >= 15 is 0 Å². The Hall–Kier alpha value is -2.63. The predicted molar refractivity (Wildman–Crippen MR) is 77.0 cm³/mol. The molecule has 108 valence electrons. The smallest absolute Gasteiger partial charge is 0.316 e. The number of carbonyl (C=O) groups excluding carboxylic acids is 2. The van der Waals surface area contributed by atoms with Crippen LogP contribution in [0.2, 0.25) is 0 Å². The number of aromatic nitrogens is 1. The Morgan fingerprint density at radius 3 is 2.90 bits per heavy atom. The van der Waals surface area contributed by atoms with Crippen molar-refractivity contribution in [2.24, 2.45) is 0 Å². The van der Waals surface area contributed by atoms with E-state index in [1.807, 2.05) is 24.3 Å². The summed E-state index contributed by atoms with van der Waals surface area (Å²) in [7, 11) is 0. The molecule has 0 saturated heterocycles. The second kappa shape index (κ2) is 5.40. The van der Waals surface area contributed by atoms with Crippen LogP contribution in [-0.2, 0) is 16.0 Å². The monoisotopic (exact) mass is 285 g/mol. The SMILES string of the molecule is Cc1cc(NC(=O)C(=O)N2CCCc3ccccc32)no1. The van der Waals surface area contributed by atoms with Gasteiger partial charge in [0.2, 0.25) is 0 Å². The lowest BCUT2D eigenvalue weighted by atomic mass is 10.0. The Balaban J connectivity index is 1.78. The van der Waals surface area contributed by atoms with Crippen molar-refractivity contribution in [3.05, 3.63) is 41.7 Å². The van der Waals surface area contributed by atoms with E-state index in [0.29, 0.717) is 12.3 Å². The number of carbonyl (C=O) groups is 2. The first-order valence-electron chi connectivity index (χ1n) is 6.79. The van der Waals surface area contributed by atoms with Crippen molar-refractivity contribution in [3.8, 4) is 0 Å². The number of fused-ring (bicyclic) bond motifs is 1. The zero-order valence-corrected chi connectivity index (χ0v) is 11.6. The van der Waals surface area contributed by atoms with Crippen molar-refractivity contribution in [2.75, 3.05) is 16.8 Å². The lowest BCUT2D eigenvalue weighted by Crippen LogP contribution is -2.42. The van der Waals surface area contributed by atoms with E-state index < -0.39 is 11.8 Å². The fraction of sp³-hybridized carbons (Fsp3) is 0.267. The molecule has 0 fully saturated rings. The Morgan fingerprint density at radius 1 is 1.33 bits per heavy atom. The van der Waals surface area contributed by atoms with Crippen LogP contribution < -0.4 is 10.2 Å². The number of aryl methyl sites for hydroxylation is 2. The molecule has 3 rings (SSSR count). The fourth-order valence-electron chi connectivity index (χ4n) is 2.46. The maximum atomic E-state index is 12.3. The Bertz CT molecular complexity index is 693. The maximum Gasteiger partial charge on any atom is 0.316 e. The highest BCUT2D eigenvalue weighted by molar-refractivity contribution is 6.44. The van der Waals surface area contributed by atoms with Crippen LogP contribution in [0.5, 0.6) is 0 Å². The summed E-state index contributed by atoms with van der Waals surface area (Å²) in [4.78, 5) is 25.9. The highest BCUT2D eigenvalue weighted by Gasteiger charge is 2.27. The molecule has 2 amide bonds. The van der Waals surface area contributed by atoms with Gasteiger partial charge in [0.1, 0.15) is 5.76 Å². The average Bonchev–Trinajstić information content (AvgIpc) is 2.91. The van der Waals surface area contributed by atoms with E-state index in [-0.39, 0.29) is 5.82 Å². The lowest BCUT2D eigenvalue weighted by molar-refractivity contribution is -0.134. The normalized spacial score (nSPS) is 13.7. The molecular formula is C15H15N3O3. The summed E-state index contributed by atoms with van der Waals surface area (Å²) in [5.74, 6) is -0.472. The third-order valence-electron chi connectivity index (χ3n) is 3.42. The molecule has 21 heavy (non-hydrogen) atoms. The third-order valence-corrected chi connectivity index (χ3v) is 3.42. The molecule has 1 aromatic carbocycles. The van der Waals surface area contributed by atoms with Crippen molar-refractivity contribution < 1.29 is 14.1 Å². The second-order valence-corrected chi connectivity index (χ2v) is 4.97. The molecule has 1 N–H and O–H groups in total. The standard InChI is InChI=1S/C15H15N3O3/c1-10-9-13(17-21-10)16-14(19)15(20)18-8-4-6-11-5-2-3-7-12(11)18/h2-3,5,7,9H,4,6,8H2,1H3,(H,16,17,19). The minimum Gasteiger partial charge on any atom is -0.360 e. The quantitative estimate of drug-likeness (QED) is 0.812. The number of amides is 2. The molecule has 0 radical (unpaired) electrons. The average molecular weight is 285 g/mol. The van der Waals surface area contributed by atoms with Crippen molar-refractivity contribution in [3.63, 3.8) is 0 Å². The molecule has 0 atom stereocenters. The van der Waals surface area contributed by atoms with Gasteiger partial charge in [0, 0.05) is 18.3 Å². The van der Waals surface area contributed by atoms with E-state index in [1.54, 1.807) is 13.0 Å². The van der Waals surface area contributed by atoms with E-state index in [0.717, 1.165) is 24.1 Å². The molecule has 2 heterocycles. The number of hydrogen-bond acceptors (Lipinski definition) is 4. The van der Waals surface area contributed by atoms with Gasteiger partial charge in [-0.05, 0) is 31.4 Å². The molecule has 0 aliphatic carbocycles. The Kier molecular flexibility index (Phi) is 3.43. The molecule has 2 aromatic rings. The van der Waals surface area contributed by atoms with Gasteiger partial charge in [0.25, 0.3) is 0 Å². The summed E-state index contributed by atoms with van der Waals surface area (Å²) in [6.07, 6.45) is 1.77. The first-order chi connectivity index (χ1) is 10.1. The van der Waals surface area contributed by atoms with Crippen molar-refractivity contribution in [2.45, 2.75) is 19.8 Å². The van der Waals surface area contributed by atoms with Gasteiger partial charge in [-0.2, -0.15) is 0 Å². The topological polar surface area (TPSA) is 75.4 Å². The van der Waals surface area contributed by atoms with Gasteiger partial charge in [-0.15, -0.1) is 0 Å². The summed E-state index contributed by atoms with van der Waals surface area (Å²) < 4.78 is 4.86. The third kappa shape index (κ3) is 2.65. The maximum absolute atomic E-state index is 12.3. The summed E-state index contributed by atoms with van der Waals surface area (Å²) in [6.45, 7) is 2.26. The molecule has 1 aliphatic heterocycles. The van der Waals surface area contributed by atoms with E-state index in [2.05, 4.69) is 10.5 Å². The Morgan fingerprint density at radius 2 is 2.14 bits per heavy atom. The zero-order chi connectivity index (χ0) is 14.8. The van der Waals surface area contributed by atoms with Gasteiger partial charge in [0.05, 0.1) is 0 Å². The van der Waals surface area contributed by atoms with Crippen LogP contribution in [0, 0.1) is 6.92 Å². The molecule has 0 unspecified atom stereocenters. The van der Waals surface area contributed by atoms with Crippen LogP contribution in [0.25, 0.3) is 0 Å². The summed E-state index contributed by atoms with van der Waals surface area (Å²) >= 11 is 0. The zero-order valence-electron chi connectivity index (χ0n) is 11.6. The first kappa shape index (κ1) is 13.4. The van der Waals surface area contributed by atoms with Gasteiger partial charge < -0.3 is 9.42 Å². The van der Waals surface area contributed by atoms with Crippen molar-refractivity contribution >= 4 is 23.3 Å². The number of para-hydroxylation sites is 1. The second-order valence-electron chi connectivity index (χ2n) is 4.97. The van der Waals surface area contributed by atoms with Crippen LogP contribution in [0.3, 0.4) is 0 Å². The molecular weight excluding hydrogens is 270 g/mol. The first-order valence-corrected chi connectivity index (χ1v) is 6.79. The predicted octanol–water partition coefficient (Wildman–Crippen LogP) is 1.90. The van der Waals surface area contributed by atoms with Crippen molar-refractivity contribution in [1.82, 2.24) is 5.16 Å². The van der Waals surface area contributed by atoms with Gasteiger partial charge in [0.15, 0.2) is 5.82 Å². The molecule has 0 saturated carbocycles. The number of rotatable bonds is 1. The number of benzene rings is 1. The van der Waals surface area contributed by atoms with Gasteiger partial charge in [-0.25, -0.2) is 0 Å². The summed E-state index contributed by atoms with van der Waals surface area (Å²) in [5, 5.41) is 6.11.